The molecule has 0 aromatic rings. The lowest BCUT2D eigenvalue weighted by molar-refractivity contribution is -0.125. The first kappa shape index (κ1) is 12.6. The van der Waals surface area contributed by atoms with E-state index >= 15 is 0 Å². The Kier molecular flexibility index (Phi) is 3.21. The molecule has 1 heterocycles. The Morgan fingerprint density at radius 3 is 2.62 bits per heavy atom. The molecule has 92 valence electrons. The minimum absolute atomic E-state index is 0.000298. The van der Waals surface area contributed by atoms with Gasteiger partial charge in [-0.1, -0.05) is 48.5 Å². The number of hydrogen-bond acceptors (Lipinski definition) is 1. The number of rotatable bonds is 1. The van der Waals surface area contributed by atoms with Crippen molar-refractivity contribution < 1.29 is 4.79 Å². The molecular weight excluding hydrogens is 215 g/mol. The molecule has 0 amide bonds. The summed E-state index contributed by atoms with van der Waals surface area (Å²) in [4.78, 5) is 12.3. The van der Waals surface area contributed by atoms with Crippen molar-refractivity contribution in [1.29, 1.82) is 0 Å². The minimum Gasteiger partial charge on any atom is -0.299 e. The van der Waals surface area contributed by atoms with E-state index in [9.17, 15) is 4.79 Å². The lowest BCUT2D eigenvalue weighted by Crippen LogP contribution is -2.51. The van der Waals surface area contributed by atoms with Crippen molar-refractivity contribution in [3.63, 3.8) is 0 Å². The largest absolute Gasteiger partial charge is 0.299 e. The van der Waals surface area contributed by atoms with Gasteiger partial charge in [-0.05, 0) is 29.3 Å². The molecule has 0 bridgehead atoms. The number of fused-ring (bicyclic) bond motifs is 1. The molecule has 3 unspecified atom stereocenters. The molecular formula is C14H25OP. The van der Waals surface area contributed by atoms with Crippen LogP contribution in [0.4, 0.5) is 0 Å². The van der Waals surface area contributed by atoms with Gasteiger partial charge in [-0.25, -0.2) is 0 Å². The molecule has 3 atom stereocenters. The zero-order valence-electron chi connectivity index (χ0n) is 11.2. The normalized spacial score (nSPS) is 42.9. The first-order chi connectivity index (χ1) is 7.42. The number of carbonyl (C=O) groups excluding carboxylic acids is 1. The molecule has 2 heteroatoms. The third kappa shape index (κ3) is 1.76. The maximum Gasteiger partial charge on any atom is 0.137 e. The van der Waals surface area contributed by atoms with Crippen LogP contribution in [0.15, 0.2) is 0 Å². The summed E-state index contributed by atoms with van der Waals surface area (Å²) in [6.45, 7) is 9.41. The van der Waals surface area contributed by atoms with Crippen LogP contribution in [-0.4, -0.2) is 22.3 Å². The number of Topliss-reactive ketones (excluding diaryl/α,β-unsaturated/α-hetero) is 1. The standard InChI is InChI=1S/C14H25OP/c1-5-16-13(2,3)10-12(15)11-8-6-7-9-14(11,16)4/h11H,5-10H2,1-4H3. The third-order valence-electron chi connectivity index (χ3n) is 4.84. The van der Waals surface area contributed by atoms with E-state index in [-0.39, 0.29) is 13.1 Å². The highest BCUT2D eigenvalue weighted by Crippen LogP contribution is 2.69. The molecule has 0 N–H and O–H groups in total. The van der Waals surface area contributed by atoms with Crippen LogP contribution in [0.25, 0.3) is 0 Å². The molecule has 0 aromatic carbocycles. The summed E-state index contributed by atoms with van der Waals surface area (Å²) < 4.78 is 0. The fourth-order valence-corrected chi connectivity index (χ4v) is 8.66. The fraction of sp³-hybridized carbons (Fsp3) is 0.929. The van der Waals surface area contributed by atoms with E-state index in [0.29, 0.717) is 16.9 Å². The van der Waals surface area contributed by atoms with Gasteiger partial charge in [0.05, 0.1) is 0 Å². The van der Waals surface area contributed by atoms with Crippen LogP contribution in [0.3, 0.4) is 0 Å². The van der Waals surface area contributed by atoms with E-state index < -0.39 is 0 Å². The Morgan fingerprint density at radius 1 is 1.31 bits per heavy atom. The first-order valence-corrected chi connectivity index (χ1v) is 8.25. The van der Waals surface area contributed by atoms with Gasteiger partial charge in [-0.15, -0.1) is 0 Å². The number of carbonyl (C=O) groups is 1. The summed E-state index contributed by atoms with van der Waals surface area (Å²) in [5.74, 6) is 0.972. The van der Waals surface area contributed by atoms with Crippen LogP contribution >= 0.6 is 7.92 Å². The Hall–Kier alpha value is 0.100. The SMILES string of the molecule is CCP1C(C)(C)CC(=O)C2CCCCC21C. The highest BCUT2D eigenvalue weighted by Gasteiger charge is 2.54. The molecule has 1 nitrogen and oxygen atoms in total. The van der Waals surface area contributed by atoms with E-state index in [4.69, 9.17) is 0 Å². The van der Waals surface area contributed by atoms with E-state index in [2.05, 4.69) is 27.7 Å². The van der Waals surface area contributed by atoms with E-state index in [1.54, 1.807) is 0 Å². The van der Waals surface area contributed by atoms with Crippen LogP contribution in [-0.2, 0) is 4.79 Å². The van der Waals surface area contributed by atoms with E-state index in [0.717, 1.165) is 6.42 Å². The second-order valence-electron chi connectivity index (χ2n) is 6.36. The van der Waals surface area contributed by atoms with Gasteiger partial charge < -0.3 is 0 Å². The third-order valence-corrected chi connectivity index (χ3v) is 8.86. The van der Waals surface area contributed by atoms with Crippen molar-refractivity contribution in [2.45, 2.75) is 70.1 Å². The Bertz CT molecular complexity index is 297. The van der Waals surface area contributed by atoms with Crippen molar-refractivity contribution in [2.24, 2.45) is 5.92 Å². The average molecular weight is 240 g/mol. The molecule has 16 heavy (non-hydrogen) atoms. The molecule has 0 spiro atoms. The van der Waals surface area contributed by atoms with Crippen LogP contribution in [0.5, 0.6) is 0 Å². The molecule has 1 saturated carbocycles. The predicted octanol–water partition coefficient (Wildman–Crippen LogP) is 4.19. The highest BCUT2D eigenvalue weighted by molar-refractivity contribution is 7.61. The van der Waals surface area contributed by atoms with Crippen molar-refractivity contribution >= 4 is 13.7 Å². The Labute approximate surface area is 101 Å². The second-order valence-corrected chi connectivity index (χ2v) is 10.1. The van der Waals surface area contributed by atoms with E-state index in [1.165, 1.54) is 31.8 Å². The molecule has 0 aromatic heterocycles. The molecule has 1 saturated heterocycles. The van der Waals surface area contributed by atoms with Crippen LogP contribution in [0.1, 0.15) is 59.8 Å². The average Bonchev–Trinajstić information content (AvgIpc) is 2.15. The summed E-state index contributed by atoms with van der Waals surface area (Å²) >= 11 is 0. The summed E-state index contributed by atoms with van der Waals surface area (Å²) in [5, 5.41) is 0.644. The van der Waals surface area contributed by atoms with Crippen molar-refractivity contribution in [3.8, 4) is 0 Å². The smallest absolute Gasteiger partial charge is 0.137 e. The maximum absolute atomic E-state index is 12.3. The van der Waals surface area contributed by atoms with Crippen molar-refractivity contribution in [3.05, 3.63) is 0 Å². The molecule has 2 rings (SSSR count). The van der Waals surface area contributed by atoms with Crippen molar-refractivity contribution in [1.82, 2.24) is 0 Å². The maximum atomic E-state index is 12.3. The molecule has 1 aliphatic heterocycles. The number of ketones is 1. The predicted molar refractivity (Wildman–Crippen MR) is 71.5 cm³/mol. The first-order valence-electron chi connectivity index (χ1n) is 6.72. The summed E-state index contributed by atoms with van der Waals surface area (Å²) in [6, 6.07) is 0. The zero-order chi connectivity index (χ0) is 12.0. The van der Waals surface area contributed by atoms with E-state index in [1.807, 2.05) is 0 Å². The highest BCUT2D eigenvalue weighted by atomic mass is 31.1. The van der Waals surface area contributed by atoms with Gasteiger partial charge in [-0.2, -0.15) is 0 Å². The molecule has 2 fully saturated rings. The molecule has 2 aliphatic rings. The number of hydrogen-bond donors (Lipinski definition) is 0. The summed E-state index contributed by atoms with van der Waals surface area (Å²) in [5.41, 5.74) is 0. The van der Waals surface area contributed by atoms with Gasteiger partial charge in [0.2, 0.25) is 0 Å². The van der Waals surface area contributed by atoms with Crippen LogP contribution < -0.4 is 0 Å². The summed E-state index contributed by atoms with van der Waals surface area (Å²) in [7, 11) is 0.000298. The second kappa shape index (κ2) is 4.09. The quantitative estimate of drug-likeness (QED) is 0.628. The van der Waals surface area contributed by atoms with Crippen molar-refractivity contribution in [2.75, 3.05) is 6.16 Å². The minimum atomic E-state index is 0.000298. The van der Waals surface area contributed by atoms with Gasteiger partial charge in [0.1, 0.15) is 5.78 Å². The Morgan fingerprint density at radius 2 is 2.00 bits per heavy atom. The van der Waals surface area contributed by atoms with Gasteiger partial charge in [0.25, 0.3) is 0 Å². The molecule has 0 radical (unpaired) electrons. The fourth-order valence-electron chi connectivity index (χ4n) is 4.27. The lowest BCUT2D eigenvalue weighted by Gasteiger charge is -2.56. The molecule has 1 aliphatic carbocycles. The monoisotopic (exact) mass is 240 g/mol. The van der Waals surface area contributed by atoms with Crippen LogP contribution in [0.2, 0.25) is 0 Å². The van der Waals surface area contributed by atoms with Gasteiger partial charge in [0, 0.05) is 12.3 Å². The van der Waals surface area contributed by atoms with Gasteiger partial charge >= 0.3 is 0 Å². The zero-order valence-corrected chi connectivity index (χ0v) is 12.1. The van der Waals surface area contributed by atoms with Gasteiger partial charge in [0.15, 0.2) is 0 Å². The van der Waals surface area contributed by atoms with Crippen LogP contribution in [0, 0.1) is 5.92 Å². The lowest BCUT2D eigenvalue weighted by atomic mass is 9.74. The topological polar surface area (TPSA) is 17.1 Å². The Balaban J connectivity index is 2.37. The summed E-state index contributed by atoms with van der Waals surface area (Å²) in [6.07, 6.45) is 7.22. The van der Waals surface area contributed by atoms with Gasteiger partial charge in [-0.3, -0.25) is 4.79 Å².